The zero-order chi connectivity index (χ0) is 13.0. The van der Waals surface area contributed by atoms with Crippen molar-refractivity contribution in [2.45, 2.75) is 32.7 Å². The summed E-state index contributed by atoms with van der Waals surface area (Å²) in [5.74, 6) is -0.235. The minimum Gasteiger partial charge on any atom is -0.507 e. The maximum Gasteiger partial charge on any atom is 0.257 e. The van der Waals surface area contributed by atoms with Gasteiger partial charge in [0, 0.05) is 18.1 Å². The van der Waals surface area contributed by atoms with E-state index >= 15 is 0 Å². The lowest BCUT2D eigenvalue weighted by molar-refractivity contribution is 0.0733. The molecule has 1 N–H and O–H groups in total. The highest BCUT2D eigenvalue weighted by Gasteiger charge is 2.19. The highest BCUT2D eigenvalue weighted by molar-refractivity contribution is 6.31. The molecule has 1 amide bonds. The molecule has 3 nitrogen and oxygen atoms in total. The Bertz CT molecular complexity index is 406. The first-order valence-electron chi connectivity index (χ1n) is 5.73. The summed E-state index contributed by atoms with van der Waals surface area (Å²) in [4.78, 5) is 13.8. The lowest BCUT2D eigenvalue weighted by atomic mass is 10.1. The second kappa shape index (κ2) is 5.92. The fourth-order valence-corrected chi connectivity index (χ4v) is 1.85. The van der Waals surface area contributed by atoms with Crippen LogP contribution in [0.2, 0.25) is 5.02 Å². The molecule has 0 heterocycles. The third-order valence-electron chi connectivity index (χ3n) is 2.88. The predicted molar refractivity (Wildman–Crippen MR) is 69.6 cm³/mol. The monoisotopic (exact) mass is 255 g/mol. The van der Waals surface area contributed by atoms with E-state index in [1.165, 1.54) is 12.1 Å². The van der Waals surface area contributed by atoms with Crippen LogP contribution in [0.1, 0.15) is 37.0 Å². The first-order valence-corrected chi connectivity index (χ1v) is 6.10. The number of benzene rings is 1. The lowest BCUT2D eigenvalue weighted by Gasteiger charge is -2.25. The second-order valence-electron chi connectivity index (χ2n) is 4.22. The van der Waals surface area contributed by atoms with Crippen molar-refractivity contribution in [3.63, 3.8) is 0 Å². The van der Waals surface area contributed by atoms with Gasteiger partial charge in [0.15, 0.2) is 0 Å². The van der Waals surface area contributed by atoms with Crippen molar-refractivity contribution in [1.82, 2.24) is 4.90 Å². The van der Waals surface area contributed by atoms with E-state index in [2.05, 4.69) is 6.92 Å². The summed E-state index contributed by atoms with van der Waals surface area (Å²) in [6, 6.07) is 4.64. The van der Waals surface area contributed by atoms with Crippen LogP contribution in [0.25, 0.3) is 0 Å². The summed E-state index contributed by atoms with van der Waals surface area (Å²) >= 11 is 5.82. The average molecular weight is 256 g/mol. The number of hydrogen-bond donors (Lipinski definition) is 1. The Balaban J connectivity index is 2.92. The molecule has 0 saturated heterocycles. The summed E-state index contributed by atoms with van der Waals surface area (Å²) < 4.78 is 0. The molecular weight excluding hydrogens is 238 g/mol. The van der Waals surface area contributed by atoms with Gasteiger partial charge in [-0.2, -0.15) is 0 Å². The van der Waals surface area contributed by atoms with Crippen molar-refractivity contribution in [2.75, 3.05) is 7.05 Å². The molecule has 1 rings (SSSR count). The summed E-state index contributed by atoms with van der Waals surface area (Å²) in [6.07, 6.45) is 1.95. The fraction of sp³-hybridized carbons (Fsp3) is 0.462. The first kappa shape index (κ1) is 13.8. The molecular formula is C13H18ClNO2. The van der Waals surface area contributed by atoms with Crippen LogP contribution >= 0.6 is 11.6 Å². The summed E-state index contributed by atoms with van der Waals surface area (Å²) in [6.45, 7) is 4.06. The SMILES string of the molecule is CCCC(C)N(C)C(=O)c1cc(Cl)ccc1O. The third-order valence-corrected chi connectivity index (χ3v) is 3.11. The van der Waals surface area contributed by atoms with Gasteiger partial charge in [0.1, 0.15) is 5.75 Å². The summed E-state index contributed by atoms with van der Waals surface area (Å²) in [5, 5.41) is 10.1. The zero-order valence-corrected chi connectivity index (χ0v) is 11.2. The topological polar surface area (TPSA) is 40.5 Å². The predicted octanol–water partition coefficient (Wildman–Crippen LogP) is 3.31. The molecule has 1 atom stereocenters. The van der Waals surface area contributed by atoms with Gasteiger partial charge in [-0.05, 0) is 31.5 Å². The second-order valence-corrected chi connectivity index (χ2v) is 4.65. The van der Waals surface area contributed by atoms with E-state index in [9.17, 15) is 9.90 Å². The number of carbonyl (C=O) groups excluding carboxylic acids is 1. The molecule has 0 saturated carbocycles. The van der Waals surface area contributed by atoms with Crippen molar-refractivity contribution in [1.29, 1.82) is 0 Å². The van der Waals surface area contributed by atoms with Crippen LogP contribution in [0.3, 0.4) is 0 Å². The number of phenolic OH excluding ortho intramolecular Hbond substituents is 1. The standard InChI is InChI=1S/C13H18ClNO2/c1-4-5-9(2)15(3)13(17)11-8-10(14)6-7-12(11)16/h6-9,16H,4-5H2,1-3H3. The van der Waals surface area contributed by atoms with Crippen molar-refractivity contribution in [3.8, 4) is 5.75 Å². The van der Waals surface area contributed by atoms with Crippen molar-refractivity contribution < 1.29 is 9.90 Å². The number of amides is 1. The lowest BCUT2D eigenvalue weighted by Crippen LogP contribution is -2.35. The van der Waals surface area contributed by atoms with E-state index in [1.54, 1.807) is 18.0 Å². The molecule has 0 aliphatic carbocycles. The molecule has 1 aromatic rings. The Labute approximate surface area is 107 Å². The zero-order valence-electron chi connectivity index (χ0n) is 10.4. The highest BCUT2D eigenvalue weighted by Crippen LogP contribution is 2.23. The largest absolute Gasteiger partial charge is 0.507 e. The molecule has 17 heavy (non-hydrogen) atoms. The third kappa shape index (κ3) is 3.37. The maximum atomic E-state index is 12.1. The molecule has 0 aliphatic heterocycles. The van der Waals surface area contributed by atoms with Crippen LogP contribution in [-0.4, -0.2) is 29.0 Å². The van der Waals surface area contributed by atoms with E-state index in [0.717, 1.165) is 12.8 Å². The van der Waals surface area contributed by atoms with Crippen molar-refractivity contribution in [2.24, 2.45) is 0 Å². The van der Waals surface area contributed by atoms with Gasteiger partial charge in [0.2, 0.25) is 0 Å². The van der Waals surface area contributed by atoms with Crippen LogP contribution in [0, 0.1) is 0 Å². The Morgan fingerprint density at radius 1 is 1.53 bits per heavy atom. The molecule has 0 aromatic heterocycles. The van der Waals surface area contributed by atoms with Crippen molar-refractivity contribution in [3.05, 3.63) is 28.8 Å². The van der Waals surface area contributed by atoms with Gasteiger partial charge >= 0.3 is 0 Å². The van der Waals surface area contributed by atoms with Gasteiger partial charge in [-0.15, -0.1) is 0 Å². The molecule has 0 fully saturated rings. The molecule has 1 unspecified atom stereocenters. The molecule has 0 aliphatic rings. The van der Waals surface area contributed by atoms with Gasteiger partial charge in [-0.25, -0.2) is 0 Å². The van der Waals surface area contributed by atoms with E-state index in [1.807, 2.05) is 6.92 Å². The number of carbonyl (C=O) groups is 1. The Morgan fingerprint density at radius 2 is 2.18 bits per heavy atom. The Morgan fingerprint density at radius 3 is 2.76 bits per heavy atom. The summed E-state index contributed by atoms with van der Waals surface area (Å²) in [7, 11) is 1.74. The average Bonchev–Trinajstić information content (AvgIpc) is 2.30. The smallest absolute Gasteiger partial charge is 0.257 e. The van der Waals surface area contributed by atoms with Crippen molar-refractivity contribution >= 4 is 17.5 Å². The number of hydrogen-bond acceptors (Lipinski definition) is 2. The van der Waals surface area contributed by atoms with Gasteiger partial charge in [-0.1, -0.05) is 24.9 Å². The molecule has 4 heteroatoms. The van der Waals surface area contributed by atoms with Crippen LogP contribution in [0.15, 0.2) is 18.2 Å². The van der Waals surface area contributed by atoms with Gasteiger partial charge in [0.25, 0.3) is 5.91 Å². The van der Waals surface area contributed by atoms with Crippen LogP contribution < -0.4 is 0 Å². The number of phenols is 1. The maximum absolute atomic E-state index is 12.1. The number of aromatic hydroxyl groups is 1. The molecule has 94 valence electrons. The quantitative estimate of drug-likeness (QED) is 0.897. The van der Waals surface area contributed by atoms with Crippen LogP contribution in [0.4, 0.5) is 0 Å². The van der Waals surface area contributed by atoms with Gasteiger partial charge in [-0.3, -0.25) is 4.79 Å². The van der Waals surface area contributed by atoms with Crippen LogP contribution in [0.5, 0.6) is 5.75 Å². The van der Waals surface area contributed by atoms with E-state index in [4.69, 9.17) is 11.6 Å². The fourth-order valence-electron chi connectivity index (χ4n) is 1.68. The summed E-state index contributed by atoms with van der Waals surface area (Å²) in [5.41, 5.74) is 0.253. The number of nitrogens with zero attached hydrogens (tertiary/aromatic N) is 1. The highest BCUT2D eigenvalue weighted by atomic mass is 35.5. The number of rotatable bonds is 4. The Hall–Kier alpha value is -1.22. The van der Waals surface area contributed by atoms with E-state index in [-0.39, 0.29) is 23.3 Å². The van der Waals surface area contributed by atoms with Crippen LogP contribution in [-0.2, 0) is 0 Å². The number of halogens is 1. The molecule has 0 bridgehead atoms. The first-order chi connectivity index (χ1) is 7.97. The van der Waals surface area contributed by atoms with E-state index < -0.39 is 0 Å². The molecule has 0 radical (unpaired) electrons. The van der Waals surface area contributed by atoms with Gasteiger partial charge in [0.05, 0.1) is 5.56 Å². The molecule has 1 aromatic carbocycles. The minimum atomic E-state index is -0.203. The molecule has 0 spiro atoms. The Kier molecular flexibility index (Phi) is 4.82. The normalized spacial score (nSPS) is 12.2. The van der Waals surface area contributed by atoms with E-state index in [0.29, 0.717) is 5.02 Å². The minimum absolute atomic E-state index is 0.0325. The van der Waals surface area contributed by atoms with Gasteiger partial charge < -0.3 is 10.0 Å².